The summed E-state index contributed by atoms with van der Waals surface area (Å²) in [4.78, 5) is 96.5. The van der Waals surface area contributed by atoms with Crippen LogP contribution in [0.1, 0.15) is 44.9 Å². The fraction of sp³-hybridized carbons (Fsp3) is 0.385. The van der Waals surface area contributed by atoms with Gasteiger partial charge in [0.15, 0.2) is 5.25 Å². The largest absolute Gasteiger partial charge is 0.333 e. The number of hydroxylamine groups is 4. The van der Waals surface area contributed by atoms with Crippen LogP contribution in [0.15, 0.2) is 52.8 Å². The molecular formula is C26H27N5O13S5. The van der Waals surface area contributed by atoms with Crippen LogP contribution < -0.4 is 0 Å². The normalized spacial score (nSPS) is 16.0. The van der Waals surface area contributed by atoms with Crippen LogP contribution in [0.5, 0.6) is 0 Å². The minimum Gasteiger partial charge on any atom is -0.330 e. The molecule has 0 radical (unpaired) electrons. The van der Waals surface area contributed by atoms with Crippen molar-refractivity contribution in [2.45, 2.75) is 60.2 Å². The van der Waals surface area contributed by atoms with E-state index in [9.17, 15) is 47.3 Å². The lowest BCUT2D eigenvalue weighted by Gasteiger charge is -2.13. The van der Waals surface area contributed by atoms with Crippen molar-refractivity contribution in [3.05, 3.63) is 52.8 Å². The van der Waals surface area contributed by atoms with Crippen LogP contribution in [0.2, 0.25) is 0 Å². The first-order chi connectivity index (χ1) is 23.3. The van der Waals surface area contributed by atoms with Crippen LogP contribution in [-0.4, -0.2) is 90.3 Å². The highest BCUT2D eigenvalue weighted by atomic mass is 33.1. The number of pyridine rings is 2. The van der Waals surface area contributed by atoms with Crippen LogP contribution >= 0.6 is 43.2 Å². The molecule has 1 atom stereocenters. The van der Waals surface area contributed by atoms with Crippen LogP contribution in [-0.2, 0) is 48.6 Å². The number of amides is 4. The van der Waals surface area contributed by atoms with Crippen molar-refractivity contribution in [2.75, 3.05) is 11.5 Å². The zero-order valence-electron chi connectivity index (χ0n) is 25.1. The summed E-state index contributed by atoms with van der Waals surface area (Å²) in [5.74, 6) is -3.49. The quantitative estimate of drug-likeness (QED) is 0.0641. The average Bonchev–Trinajstić information content (AvgIpc) is 3.53. The number of nitrogens with zero attached hydrogens (tertiary/aromatic N) is 5. The fourth-order valence-electron chi connectivity index (χ4n) is 3.55. The van der Waals surface area contributed by atoms with Crippen molar-refractivity contribution in [2.24, 2.45) is 0 Å². The standard InChI is InChI=1S/C13H13N3O9S3.C13H14N2O4S2/c17-11-6-9(28(22,23)24)13(19)15(11)25-12(18)2-1-5-26-27-10-4-3-8(7-14-10)16(20)21;16-11-6-7-12(17)15(11)19-13(18)5-3-9-20-21-10-4-1-2-8-14-10/h3-4,7,9H,1-2,5-6H2,(H,22,23,24);1-2,4,8H,3,5-7,9H2. The van der Waals surface area contributed by atoms with E-state index >= 15 is 0 Å². The summed E-state index contributed by atoms with van der Waals surface area (Å²) in [6, 6.07) is 8.48. The molecule has 4 rings (SSSR count). The molecule has 0 aromatic carbocycles. The molecule has 18 nitrogen and oxygen atoms in total. The molecule has 2 aliphatic rings. The molecule has 0 bridgehead atoms. The monoisotopic (exact) mass is 777 g/mol. The molecule has 1 N–H and O–H groups in total. The molecule has 2 fully saturated rings. The molecule has 2 aromatic heterocycles. The van der Waals surface area contributed by atoms with E-state index in [-0.39, 0.29) is 36.4 Å². The Kier molecular flexibility index (Phi) is 15.7. The third kappa shape index (κ3) is 13.2. The first-order valence-electron chi connectivity index (χ1n) is 14.0. The van der Waals surface area contributed by atoms with Gasteiger partial charge in [0.25, 0.3) is 39.4 Å². The number of aromatic nitrogens is 2. The summed E-state index contributed by atoms with van der Waals surface area (Å²) in [5.41, 5.74) is -0.126. The second-order valence-electron chi connectivity index (χ2n) is 9.54. The molecule has 0 spiro atoms. The summed E-state index contributed by atoms with van der Waals surface area (Å²) < 4.78 is 30.9. The summed E-state index contributed by atoms with van der Waals surface area (Å²) >= 11 is 0. The molecule has 4 amide bonds. The number of carbonyl (C=O) groups excluding carboxylic acids is 6. The Labute approximate surface area is 294 Å². The fourth-order valence-corrected chi connectivity index (χ4v) is 8.16. The van der Waals surface area contributed by atoms with Gasteiger partial charge in [-0.15, -0.1) is 10.1 Å². The molecule has 264 valence electrons. The van der Waals surface area contributed by atoms with Crippen molar-refractivity contribution >= 4 is 94.5 Å². The highest BCUT2D eigenvalue weighted by Crippen LogP contribution is 2.31. The molecule has 1 unspecified atom stereocenters. The van der Waals surface area contributed by atoms with Crippen molar-refractivity contribution in [3.63, 3.8) is 0 Å². The van der Waals surface area contributed by atoms with Crippen LogP contribution in [0.4, 0.5) is 5.69 Å². The minimum atomic E-state index is -4.76. The highest BCUT2D eigenvalue weighted by Gasteiger charge is 2.48. The maximum absolute atomic E-state index is 11.7. The molecular weight excluding hydrogens is 751 g/mol. The Bertz CT molecular complexity index is 1630. The lowest BCUT2D eigenvalue weighted by molar-refractivity contribution is -0.385. The number of rotatable bonds is 16. The number of hydrogen-bond acceptors (Lipinski definition) is 18. The molecule has 0 saturated carbocycles. The summed E-state index contributed by atoms with van der Waals surface area (Å²) in [6.07, 6.45) is 3.25. The van der Waals surface area contributed by atoms with E-state index in [1.54, 1.807) is 27.8 Å². The molecule has 23 heteroatoms. The maximum atomic E-state index is 11.7. The molecule has 2 saturated heterocycles. The van der Waals surface area contributed by atoms with Gasteiger partial charge in [-0.05, 0) is 52.6 Å². The maximum Gasteiger partial charge on any atom is 0.333 e. The lowest BCUT2D eigenvalue weighted by Crippen LogP contribution is -2.36. The van der Waals surface area contributed by atoms with Crippen LogP contribution in [0, 0.1) is 10.1 Å². The van der Waals surface area contributed by atoms with E-state index in [0.29, 0.717) is 28.7 Å². The van der Waals surface area contributed by atoms with Gasteiger partial charge in [-0.3, -0.25) is 33.8 Å². The number of hydrogen-bond donors (Lipinski definition) is 1. The molecule has 49 heavy (non-hydrogen) atoms. The first-order valence-corrected chi connectivity index (χ1v) is 20.1. The Balaban J connectivity index is 0.000000276. The van der Waals surface area contributed by atoms with Gasteiger partial charge in [0.1, 0.15) is 16.2 Å². The van der Waals surface area contributed by atoms with E-state index in [0.717, 1.165) is 17.0 Å². The van der Waals surface area contributed by atoms with Gasteiger partial charge >= 0.3 is 11.9 Å². The lowest BCUT2D eigenvalue weighted by atomic mass is 10.3. The van der Waals surface area contributed by atoms with Gasteiger partial charge in [0, 0.05) is 49.5 Å². The van der Waals surface area contributed by atoms with E-state index in [2.05, 4.69) is 14.8 Å². The molecule has 0 aliphatic carbocycles. The Morgan fingerprint density at radius 2 is 1.45 bits per heavy atom. The Morgan fingerprint density at radius 1 is 0.878 bits per heavy atom. The number of nitro groups is 1. The van der Waals surface area contributed by atoms with Crippen molar-refractivity contribution in [3.8, 4) is 0 Å². The summed E-state index contributed by atoms with van der Waals surface area (Å²) in [6.45, 7) is 0. The van der Waals surface area contributed by atoms with Crippen molar-refractivity contribution in [1.82, 2.24) is 20.1 Å². The predicted molar refractivity (Wildman–Crippen MR) is 175 cm³/mol. The second kappa shape index (κ2) is 19.4. The Hall–Kier alpha value is -3.77. The first kappa shape index (κ1) is 39.7. The number of imide groups is 2. The van der Waals surface area contributed by atoms with E-state index in [1.165, 1.54) is 33.7 Å². The van der Waals surface area contributed by atoms with Gasteiger partial charge in [0.2, 0.25) is 0 Å². The summed E-state index contributed by atoms with van der Waals surface area (Å²) in [7, 11) is 0.941. The van der Waals surface area contributed by atoms with Crippen LogP contribution in [0.25, 0.3) is 0 Å². The zero-order chi connectivity index (χ0) is 36.0. The third-order valence-corrected chi connectivity index (χ3v) is 11.7. The van der Waals surface area contributed by atoms with Gasteiger partial charge in [-0.25, -0.2) is 19.6 Å². The molecule has 2 aromatic rings. The zero-order valence-corrected chi connectivity index (χ0v) is 29.2. The second-order valence-corrected chi connectivity index (χ2v) is 16.0. The molecule has 4 heterocycles. The highest BCUT2D eigenvalue weighted by molar-refractivity contribution is 8.77. The topological polar surface area (TPSA) is 251 Å². The third-order valence-electron chi connectivity index (χ3n) is 5.89. The van der Waals surface area contributed by atoms with Gasteiger partial charge in [0.05, 0.1) is 11.3 Å². The van der Waals surface area contributed by atoms with Gasteiger partial charge in [-0.1, -0.05) is 27.7 Å². The average molecular weight is 778 g/mol. The predicted octanol–water partition coefficient (Wildman–Crippen LogP) is 3.19. The SMILES string of the molecule is O=C(CCCSSc1ccc([N+](=O)[O-])cn1)ON1C(=O)CC(S(=O)(=O)O)C1=O.O=C(CCCSSc1ccccn1)ON1C(=O)CCC1=O. The van der Waals surface area contributed by atoms with Crippen molar-refractivity contribution < 1.29 is 56.3 Å². The smallest absolute Gasteiger partial charge is 0.330 e. The summed E-state index contributed by atoms with van der Waals surface area (Å²) in [5, 5.41) is 10.7. The minimum absolute atomic E-state index is 0.0590. The Morgan fingerprint density at radius 3 is 1.92 bits per heavy atom. The number of carbonyl (C=O) groups is 6. The van der Waals surface area contributed by atoms with Crippen LogP contribution in [0.3, 0.4) is 0 Å². The van der Waals surface area contributed by atoms with Crippen molar-refractivity contribution in [1.29, 1.82) is 0 Å². The molecule has 2 aliphatic heterocycles. The van der Waals surface area contributed by atoms with Gasteiger partial charge < -0.3 is 9.68 Å². The van der Waals surface area contributed by atoms with E-state index in [1.807, 2.05) is 18.2 Å². The van der Waals surface area contributed by atoms with Gasteiger partial charge in [-0.2, -0.15) is 8.42 Å². The van der Waals surface area contributed by atoms with E-state index < -0.39 is 62.3 Å². The van der Waals surface area contributed by atoms with E-state index in [4.69, 9.17) is 9.39 Å².